The average Bonchev–Trinajstić information content (AvgIpc) is 2.61. The Morgan fingerprint density at radius 2 is 2.36 bits per heavy atom. The molecule has 0 N–H and O–H groups in total. The molecule has 0 aliphatic heterocycles. The molecule has 2 rings (SSSR count). The van der Waals surface area contributed by atoms with E-state index >= 15 is 0 Å². The Bertz CT molecular complexity index is 497. The van der Waals surface area contributed by atoms with Gasteiger partial charge in [-0.25, -0.2) is 0 Å². The first-order valence-electron chi connectivity index (χ1n) is 4.23. The Hall–Kier alpha value is -2.09. The number of pyridine rings is 1. The maximum atomic E-state index is 8.71. The van der Waals surface area contributed by atoms with E-state index in [1.165, 1.54) is 0 Å². The fourth-order valence-electron chi connectivity index (χ4n) is 1.16. The largest absolute Gasteiger partial charge is 0.464 e. The number of nitriles is 1. The van der Waals surface area contributed by atoms with Crippen LogP contribution in [0.25, 0.3) is 5.65 Å². The van der Waals surface area contributed by atoms with Crippen LogP contribution < -0.4 is 4.74 Å². The van der Waals surface area contributed by atoms with Crippen LogP contribution in [0.2, 0.25) is 0 Å². The number of ether oxygens (including phenoxy) is 1. The molecule has 0 amide bonds. The van der Waals surface area contributed by atoms with Crippen molar-refractivity contribution in [3.63, 3.8) is 0 Å². The third-order valence-corrected chi connectivity index (χ3v) is 1.77. The Morgan fingerprint density at radius 1 is 1.50 bits per heavy atom. The summed E-state index contributed by atoms with van der Waals surface area (Å²) in [5.41, 5.74) is 1.23. The molecule has 0 aromatic carbocycles. The molecule has 0 saturated heterocycles. The Kier molecular flexibility index (Phi) is 2.03. The quantitative estimate of drug-likeness (QED) is 0.705. The highest BCUT2D eigenvalue weighted by Crippen LogP contribution is 2.11. The molecule has 0 aliphatic carbocycles. The number of hydrogen-bond acceptors (Lipinski definition) is 4. The summed E-state index contributed by atoms with van der Waals surface area (Å²) in [6.45, 7) is 2.40. The number of hydrogen-bond donors (Lipinski definition) is 0. The van der Waals surface area contributed by atoms with Gasteiger partial charge in [-0.15, -0.1) is 5.10 Å². The van der Waals surface area contributed by atoms with Crippen molar-refractivity contribution in [1.29, 1.82) is 5.26 Å². The van der Waals surface area contributed by atoms with Crippen LogP contribution in [-0.2, 0) is 0 Å². The second-order valence-corrected chi connectivity index (χ2v) is 2.67. The summed E-state index contributed by atoms with van der Waals surface area (Å²) >= 11 is 0. The molecule has 14 heavy (non-hydrogen) atoms. The second-order valence-electron chi connectivity index (χ2n) is 2.67. The number of rotatable bonds is 2. The standard InChI is InChI=1S/C9H8N4O/c1-2-14-9-12-11-8-4-3-7(5-10)6-13(8)9/h3-4,6H,2H2,1H3. The van der Waals surface area contributed by atoms with Crippen LogP contribution in [0, 0.1) is 11.3 Å². The Labute approximate surface area is 80.6 Å². The fraction of sp³-hybridized carbons (Fsp3) is 0.222. The molecule has 0 unspecified atom stereocenters. The van der Waals surface area contributed by atoms with Crippen molar-refractivity contribution < 1.29 is 4.74 Å². The zero-order valence-corrected chi connectivity index (χ0v) is 7.64. The highest BCUT2D eigenvalue weighted by atomic mass is 16.5. The molecule has 2 heterocycles. The summed E-state index contributed by atoms with van der Waals surface area (Å²) in [6, 6.07) is 5.89. The summed E-state index contributed by atoms with van der Waals surface area (Å²) in [5.74, 6) is 0. The minimum Gasteiger partial charge on any atom is -0.464 e. The summed E-state index contributed by atoms with van der Waals surface area (Å²) < 4.78 is 6.89. The minimum absolute atomic E-state index is 0.416. The van der Waals surface area contributed by atoms with Crippen LogP contribution in [0.15, 0.2) is 18.3 Å². The van der Waals surface area contributed by atoms with Crippen LogP contribution in [0.5, 0.6) is 6.01 Å². The monoisotopic (exact) mass is 188 g/mol. The van der Waals surface area contributed by atoms with E-state index in [0.717, 1.165) is 0 Å². The van der Waals surface area contributed by atoms with E-state index in [2.05, 4.69) is 10.2 Å². The minimum atomic E-state index is 0.416. The maximum Gasteiger partial charge on any atom is 0.321 e. The molecule has 0 saturated carbocycles. The molecule has 0 aliphatic rings. The van der Waals surface area contributed by atoms with Crippen molar-refractivity contribution in [2.75, 3.05) is 6.61 Å². The first-order valence-corrected chi connectivity index (χ1v) is 4.23. The van der Waals surface area contributed by atoms with Crippen molar-refractivity contribution in [2.24, 2.45) is 0 Å². The molecule has 2 aromatic heterocycles. The lowest BCUT2D eigenvalue weighted by Crippen LogP contribution is -1.97. The molecule has 5 nitrogen and oxygen atoms in total. The summed E-state index contributed by atoms with van der Waals surface area (Å²) in [6.07, 6.45) is 1.65. The van der Waals surface area contributed by atoms with Gasteiger partial charge in [0, 0.05) is 6.20 Å². The molecule has 2 aromatic rings. The van der Waals surface area contributed by atoms with Crippen LogP contribution in [-0.4, -0.2) is 21.2 Å². The lowest BCUT2D eigenvalue weighted by Gasteiger charge is -1.99. The third-order valence-electron chi connectivity index (χ3n) is 1.77. The van der Waals surface area contributed by atoms with Crippen molar-refractivity contribution in [3.8, 4) is 12.1 Å². The normalized spacial score (nSPS) is 10.0. The number of aromatic nitrogens is 3. The van der Waals surface area contributed by atoms with Gasteiger partial charge in [-0.05, 0) is 19.1 Å². The predicted octanol–water partition coefficient (Wildman–Crippen LogP) is 1.000. The lowest BCUT2D eigenvalue weighted by molar-refractivity contribution is 0.309. The predicted molar refractivity (Wildman–Crippen MR) is 48.9 cm³/mol. The van der Waals surface area contributed by atoms with Gasteiger partial charge in [-0.3, -0.25) is 4.40 Å². The van der Waals surface area contributed by atoms with Crippen molar-refractivity contribution >= 4 is 5.65 Å². The molecule has 0 spiro atoms. The zero-order valence-electron chi connectivity index (χ0n) is 7.64. The van der Waals surface area contributed by atoms with E-state index in [9.17, 15) is 0 Å². The van der Waals surface area contributed by atoms with E-state index in [1.54, 1.807) is 22.7 Å². The second kappa shape index (κ2) is 3.34. The summed E-state index contributed by atoms with van der Waals surface area (Å²) in [5, 5.41) is 16.4. The van der Waals surface area contributed by atoms with Gasteiger partial charge in [0.1, 0.15) is 6.07 Å². The first-order chi connectivity index (χ1) is 6.85. The smallest absolute Gasteiger partial charge is 0.321 e. The van der Waals surface area contributed by atoms with Gasteiger partial charge in [0.15, 0.2) is 5.65 Å². The van der Waals surface area contributed by atoms with E-state index in [1.807, 2.05) is 13.0 Å². The molecule has 70 valence electrons. The van der Waals surface area contributed by atoms with Gasteiger partial charge < -0.3 is 4.74 Å². The maximum absolute atomic E-state index is 8.71. The Morgan fingerprint density at radius 3 is 3.07 bits per heavy atom. The molecular formula is C9H8N4O. The van der Waals surface area contributed by atoms with E-state index in [0.29, 0.717) is 23.8 Å². The molecule has 5 heteroatoms. The van der Waals surface area contributed by atoms with Crippen LogP contribution >= 0.6 is 0 Å². The van der Waals surface area contributed by atoms with Crippen molar-refractivity contribution in [2.45, 2.75) is 6.92 Å². The molecular weight excluding hydrogens is 180 g/mol. The van der Waals surface area contributed by atoms with Crippen LogP contribution in [0.3, 0.4) is 0 Å². The highest BCUT2D eigenvalue weighted by Gasteiger charge is 2.05. The molecule has 0 fully saturated rings. The number of fused-ring (bicyclic) bond motifs is 1. The highest BCUT2D eigenvalue weighted by molar-refractivity contribution is 5.43. The first kappa shape index (κ1) is 8.51. The van der Waals surface area contributed by atoms with Crippen molar-refractivity contribution in [1.82, 2.24) is 14.6 Å². The average molecular weight is 188 g/mol. The van der Waals surface area contributed by atoms with Crippen LogP contribution in [0.1, 0.15) is 12.5 Å². The molecule has 0 atom stereocenters. The lowest BCUT2D eigenvalue weighted by atomic mass is 10.3. The van der Waals surface area contributed by atoms with Gasteiger partial charge in [0.25, 0.3) is 0 Å². The third kappa shape index (κ3) is 1.27. The van der Waals surface area contributed by atoms with Gasteiger partial charge >= 0.3 is 6.01 Å². The van der Waals surface area contributed by atoms with E-state index in [4.69, 9.17) is 10.00 Å². The summed E-state index contributed by atoms with van der Waals surface area (Å²) in [7, 11) is 0. The number of nitrogens with zero attached hydrogens (tertiary/aromatic N) is 4. The van der Waals surface area contributed by atoms with Gasteiger partial charge in [-0.2, -0.15) is 5.26 Å². The zero-order chi connectivity index (χ0) is 9.97. The van der Waals surface area contributed by atoms with E-state index in [-0.39, 0.29) is 0 Å². The topological polar surface area (TPSA) is 63.2 Å². The Balaban J connectivity index is 2.59. The van der Waals surface area contributed by atoms with Crippen molar-refractivity contribution in [3.05, 3.63) is 23.9 Å². The summed E-state index contributed by atoms with van der Waals surface area (Å²) in [4.78, 5) is 0. The molecule has 0 radical (unpaired) electrons. The van der Waals surface area contributed by atoms with E-state index < -0.39 is 0 Å². The van der Waals surface area contributed by atoms with Gasteiger partial charge in [0.05, 0.1) is 12.2 Å². The SMILES string of the molecule is CCOc1nnc2ccc(C#N)cn12. The molecule has 0 bridgehead atoms. The van der Waals surface area contributed by atoms with Crippen LogP contribution in [0.4, 0.5) is 0 Å². The van der Waals surface area contributed by atoms with Gasteiger partial charge in [-0.1, -0.05) is 5.10 Å². The fourth-order valence-corrected chi connectivity index (χ4v) is 1.16. The van der Waals surface area contributed by atoms with Gasteiger partial charge in [0.2, 0.25) is 0 Å².